The van der Waals surface area contributed by atoms with Crippen molar-refractivity contribution in [3.8, 4) is 0 Å². The number of H-pyrrole nitrogens is 1. The fraction of sp³-hybridized carbons (Fsp3) is 0.471. The van der Waals surface area contributed by atoms with Crippen LogP contribution >= 0.6 is 0 Å². The average molecular weight is 314 g/mol. The molecule has 1 aliphatic rings. The molecule has 1 amide bonds. The van der Waals surface area contributed by atoms with Gasteiger partial charge in [-0.15, -0.1) is 0 Å². The van der Waals surface area contributed by atoms with Crippen molar-refractivity contribution in [3.05, 3.63) is 47.0 Å². The highest BCUT2D eigenvalue weighted by Crippen LogP contribution is 2.37. The van der Waals surface area contributed by atoms with Gasteiger partial charge in [0.15, 0.2) is 0 Å². The van der Waals surface area contributed by atoms with Gasteiger partial charge in [0.05, 0.1) is 30.0 Å². The number of hydrogen-bond donors (Lipinski definition) is 3. The Bertz CT molecular complexity index is 658. The molecule has 0 aromatic carbocycles. The molecule has 6 nitrogen and oxygen atoms in total. The van der Waals surface area contributed by atoms with Crippen LogP contribution in [0.25, 0.3) is 0 Å². The van der Waals surface area contributed by atoms with Crippen LogP contribution in [0, 0.1) is 19.8 Å². The second-order valence-electron chi connectivity index (χ2n) is 6.27. The topological polar surface area (TPSA) is 90.9 Å². The minimum absolute atomic E-state index is 0.0466. The first-order valence-electron chi connectivity index (χ1n) is 7.93. The molecule has 2 aromatic heterocycles. The van der Waals surface area contributed by atoms with E-state index in [1.54, 1.807) is 6.20 Å². The fourth-order valence-corrected chi connectivity index (χ4v) is 3.11. The zero-order chi connectivity index (χ0) is 16.4. The largest absolute Gasteiger partial charge is 0.393 e. The van der Waals surface area contributed by atoms with E-state index in [0.717, 1.165) is 22.6 Å². The molecule has 0 bridgehead atoms. The number of aromatic amines is 1. The Hall–Kier alpha value is -2.21. The van der Waals surface area contributed by atoms with E-state index in [-0.39, 0.29) is 24.0 Å². The van der Waals surface area contributed by atoms with Gasteiger partial charge in [-0.1, -0.05) is 6.07 Å². The van der Waals surface area contributed by atoms with E-state index in [1.807, 2.05) is 32.0 Å². The summed E-state index contributed by atoms with van der Waals surface area (Å²) in [6.07, 6.45) is 3.17. The zero-order valence-corrected chi connectivity index (χ0v) is 13.4. The normalized spacial score (nSPS) is 21.5. The number of carbonyl (C=O) groups excluding carboxylic acids is 1. The van der Waals surface area contributed by atoms with E-state index in [0.29, 0.717) is 19.3 Å². The predicted octanol–water partition coefficient (Wildman–Crippen LogP) is 1.59. The van der Waals surface area contributed by atoms with E-state index in [4.69, 9.17) is 0 Å². The Morgan fingerprint density at radius 1 is 1.43 bits per heavy atom. The molecule has 122 valence electrons. The van der Waals surface area contributed by atoms with Crippen LogP contribution in [0.4, 0.5) is 0 Å². The summed E-state index contributed by atoms with van der Waals surface area (Å²) in [5.74, 6) is 0.185. The van der Waals surface area contributed by atoms with Crippen molar-refractivity contribution >= 4 is 5.91 Å². The summed E-state index contributed by atoms with van der Waals surface area (Å²) in [7, 11) is 0. The molecule has 0 aliphatic heterocycles. The number of rotatable bonds is 5. The number of aromatic nitrogens is 3. The van der Waals surface area contributed by atoms with Crippen molar-refractivity contribution in [3.63, 3.8) is 0 Å². The molecule has 1 unspecified atom stereocenters. The van der Waals surface area contributed by atoms with Gasteiger partial charge in [-0.05, 0) is 44.7 Å². The minimum atomic E-state index is -0.263. The molecule has 0 saturated heterocycles. The van der Waals surface area contributed by atoms with Gasteiger partial charge in [-0.2, -0.15) is 5.10 Å². The molecule has 3 rings (SSSR count). The lowest BCUT2D eigenvalue weighted by molar-refractivity contribution is -0.122. The molecule has 3 N–H and O–H groups in total. The van der Waals surface area contributed by atoms with Crippen molar-refractivity contribution < 1.29 is 9.90 Å². The van der Waals surface area contributed by atoms with E-state index in [1.165, 1.54) is 0 Å². The maximum atomic E-state index is 12.5. The number of hydrogen-bond acceptors (Lipinski definition) is 4. The van der Waals surface area contributed by atoms with Crippen molar-refractivity contribution in [1.82, 2.24) is 20.5 Å². The number of carbonyl (C=O) groups is 1. The SMILES string of the molecule is Cc1n[nH]c(C)c1CC(=O)NC(c1ccccn1)C1CC(O)C1. The fourth-order valence-electron chi connectivity index (χ4n) is 3.11. The first kappa shape index (κ1) is 15.7. The third-order valence-electron chi connectivity index (χ3n) is 4.56. The van der Waals surface area contributed by atoms with Crippen molar-refractivity contribution in [2.45, 2.75) is 45.3 Å². The van der Waals surface area contributed by atoms with Crippen molar-refractivity contribution in [1.29, 1.82) is 0 Å². The quantitative estimate of drug-likeness (QED) is 0.781. The summed E-state index contributed by atoms with van der Waals surface area (Å²) in [6, 6.07) is 5.54. The number of pyridine rings is 1. The molecule has 0 spiro atoms. The molecule has 6 heteroatoms. The van der Waals surface area contributed by atoms with Gasteiger partial charge >= 0.3 is 0 Å². The van der Waals surface area contributed by atoms with Crippen LogP contribution in [0.5, 0.6) is 0 Å². The van der Waals surface area contributed by atoms with E-state index in [9.17, 15) is 9.90 Å². The first-order chi connectivity index (χ1) is 11.0. The smallest absolute Gasteiger partial charge is 0.225 e. The Balaban J connectivity index is 1.72. The lowest BCUT2D eigenvalue weighted by atomic mass is 9.76. The molecule has 0 radical (unpaired) electrons. The lowest BCUT2D eigenvalue weighted by Gasteiger charge is -2.37. The predicted molar refractivity (Wildman–Crippen MR) is 85.6 cm³/mol. The minimum Gasteiger partial charge on any atom is -0.393 e. The number of aliphatic hydroxyl groups is 1. The summed E-state index contributed by atoms with van der Waals surface area (Å²) in [6.45, 7) is 3.81. The van der Waals surface area contributed by atoms with Crippen LogP contribution in [0.3, 0.4) is 0 Å². The third kappa shape index (κ3) is 3.42. The highest BCUT2D eigenvalue weighted by molar-refractivity contribution is 5.79. The Labute approximate surface area is 135 Å². The first-order valence-corrected chi connectivity index (χ1v) is 7.93. The highest BCUT2D eigenvalue weighted by atomic mass is 16.3. The van der Waals surface area contributed by atoms with Gasteiger partial charge in [-0.25, -0.2) is 0 Å². The van der Waals surface area contributed by atoms with E-state index in [2.05, 4.69) is 20.5 Å². The van der Waals surface area contributed by atoms with E-state index >= 15 is 0 Å². The number of amides is 1. The van der Waals surface area contributed by atoms with Crippen LogP contribution in [-0.2, 0) is 11.2 Å². The van der Waals surface area contributed by atoms with Gasteiger partial charge in [-0.3, -0.25) is 14.9 Å². The molecule has 23 heavy (non-hydrogen) atoms. The van der Waals surface area contributed by atoms with Crippen LogP contribution in [-0.4, -0.2) is 32.3 Å². The van der Waals surface area contributed by atoms with E-state index < -0.39 is 0 Å². The molecular weight excluding hydrogens is 292 g/mol. The summed E-state index contributed by atoms with van der Waals surface area (Å²) < 4.78 is 0. The molecular formula is C17H22N4O2. The van der Waals surface area contributed by atoms with Crippen LogP contribution in [0.15, 0.2) is 24.4 Å². The summed E-state index contributed by atoms with van der Waals surface area (Å²) >= 11 is 0. The maximum absolute atomic E-state index is 12.5. The van der Waals surface area contributed by atoms with Crippen molar-refractivity contribution in [2.75, 3.05) is 0 Å². The monoisotopic (exact) mass is 314 g/mol. The highest BCUT2D eigenvalue weighted by Gasteiger charge is 2.36. The molecule has 1 saturated carbocycles. The Morgan fingerprint density at radius 3 is 2.78 bits per heavy atom. The van der Waals surface area contributed by atoms with Crippen LogP contribution in [0.1, 0.15) is 41.5 Å². The Kier molecular flexibility index (Phi) is 4.43. The summed E-state index contributed by atoms with van der Waals surface area (Å²) in [5.41, 5.74) is 3.56. The number of nitrogens with zero attached hydrogens (tertiary/aromatic N) is 2. The van der Waals surface area contributed by atoms with Gasteiger partial charge in [0.1, 0.15) is 0 Å². The maximum Gasteiger partial charge on any atom is 0.225 e. The number of aliphatic hydroxyl groups excluding tert-OH is 1. The van der Waals surface area contributed by atoms with Crippen molar-refractivity contribution in [2.24, 2.45) is 5.92 Å². The van der Waals surface area contributed by atoms with Gasteiger partial charge in [0.2, 0.25) is 5.91 Å². The molecule has 1 atom stereocenters. The second-order valence-corrected chi connectivity index (χ2v) is 6.27. The zero-order valence-electron chi connectivity index (χ0n) is 13.4. The van der Waals surface area contributed by atoms with Gasteiger partial charge in [0.25, 0.3) is 0 Å². The standard InChI is InChI=1S/C17H22N4O2/c1-10-14(11(2)21-20-10)9-16(23)19-17(12-7-13(22)8-12)15-5-3-4-6-18-15/h3-6,12-13,17,22H,7-9H2,1-2H3,(H,19,23)(H,20,21). The Morgan fingerprint density at radius 2 is 2.22 bits per heavy atom. The summed E-state index contributed by atoms with van der Waals surface area (Å²) in [5, 5.41) is 19.7. The summed E-state index contributed by atoms with van der Waals surface area (Å²) in [4.78, 5) is 16.9. The van der Waals surface area contributed by atoms with Crippen LogP contribution < -0.4 is 5.32 Å². The van der Waals surface area contributed by atoms with Crippen LogP contribution in [0.2, 0.25) is 0 Å². The average Bonchev–Trinajstić information content (AvgIpc) is 2.83. The number of aryl methyl sites for hydroxylation is 2. The third-order valence-corrected chi connectivity index (χ3v) is 4.56. The number of nitrogens with one attached hydrogen (secondary N) is 2. The molecule has 2 aromatic rings. The van der Waals surface area contributed by atoms with Gasteiger partial charge in [0, 0.05) is 17.5 Å². The molecule has 1 aliphatic carbocycles. The molecule has 2 heterocycles. The van der Waals surface area contributed by atoms with Gasteiger partial charge < -0.3 is 10.4 Å². The molecule has 1 fully saturated rings. The second kappa shape index (κ2) is 6.50. The lowest BCUT2D eigenvalue weighted by Crippen LogP contribution is -2.42.